The van der Waals surface area contributed by atoms with Gasteiger partial charge in [0.2, 0.25) is 0 Å². The lowest BCUT2D eigenvalue weighted by Gasteiger charge is -2.07. The number of aromatic nitrogens is 1. The summed E-state index contributed by atoms with van der Waals surface area (Å²) in [6.45, 7) is 5.06. The van der Waals surface area contributed by atoms with Crippen LogP contribution in [0.3, 0.4) is 0 Å². The van der Waals surface area contributed by atoms with Crippen LogP contribution in [0.2, 0.25) is 0 Å². The van der Waals surface area contributed by atoms with E-state index in [-0.39, 0.29) is 0 Å². The van der Waals surface area contributed by atoms with Gasteiger partial charge in [0.1, 0.15) is 5.75 Å². The minimum Gasteiger partial charge on any atom is -0.493 e. The van der Waals surface area contributed by atoms with Gasteiger partial charge < -0.3 is 9.47 Å². The van der Waals surface area contributed by atoms with Crippen LogP contribution in [0.1, 0.15) is 12.0 Å². The van der Waals surface area contributed by atoms with Crippen molar-refractivity contribution >= 4 is 6.08 Å². The topological polar surface area (TPSA) is 31.4 Å². The summed E-state index contributed by atoms with van der Waals surface area (Å²) in [5.74, 6) is 0.825. The van der Waals surface area contributed by atoms with Gasteiger partial charge in [0.25, 0.3) is 0 Å². The van der Waals surface area contributed by atoms with E-state index < -0.39 is 0 Å². The van der Waals surface area contributed by atoms with Crippen molar-refractivity contribution < 1.29 is 9.47 Å². The molecule has 0 bridgehead atoms. The molecule has 0 aromatic carbocycles. The smallest absolute Gasteiger partial charge is 0.129 e. The van der Waals surface area contributed by atoms with E-state index in [1.165, 1.54) is 0 Å². The summed E-state index contributed by atoms with van der Waals surface area (Å²) in [5, 5.41) is 0. The van der Waals surface area contributed by atoms with Gasteiger partial charge in [-0.25, -0.2) is 0 Å². The third-order valence-electron chi connectivity index (χ3n) is 1.78. The van der Waals surface area contributed by atoms with Gasteiger partial charge in [0.15, 0.2) is 0 Å². The molecule has 0 fully saturated rings. The maximum atomic E-state index is 5.54. The molecule has 0 amide bonds. The SMILES string of the molecule is C=Cc1cnccc1OCCCOC. The minimum absolute atomic E-state index is 0.651. The molecule has 1 rings (SSSR count). The van der Waals surface area contributed by atoms with Crippen molar-refractivity contribution in [1.29, 1.82) is 0 Å². The van der Waals surface area contributed by atoms with Crippen LogP contribution in [0.4, 0.5) is 0 Å². The summed E-state index contributed by atoms with van der Waals surface area (Å²) in [4.78, 5) is 3.98. The van der Waals surface area contributed by atoms with Crippen LogP contribution in [0.5, 0.6) is 5.75 Å². The molecule has 0 aliphatic heterocycles. The second-order valence-electron chi connectivity index (χ2n) is 2.81. The summed E-state index contributed by atoms with van der Waals surface area (Å²) < 4.78 is 10.5. The predicted molar refractivity (Wildman–Crippen MR) is 56.3 cm³/mol. The molecule has 0 atom stereocenters. The second kappa shape index (κ2) is 6.16. The molecule has 1 heterocycles. The molecule has 0 saturated heterocycles. The van der Waals surface area contributed by atoms with Crippen molar-refractivity contribution in [3.05, 3.63) is 30.6 Å². The van der Waals surface area contributed by atoms with Crippen molar-refractivity contribution in [2.75, 3.05) is 20.3 Å². The molecule has 0 unspecified atom stereocenters. The molecule has 0 aliphatic carbocycles. The minimum atomic E-state index is 0.651. The Balaban J connectivity index is 2.45. The van der Waals surface area contributed by atoms with E-state index in [1.54, 1.807) is 25.6 Å². The fourth-order valence-corrected chi connectivity index (χ4v) is 1.06. The third-order valence-corrected chi connectivity index (χ3v) is 1.78. The Labute approximate surface area is 84.4 Å². The van der Waals surface area contributed by atoms with Gasteiger partial charge in [-0.1, -0.05) is 12.7 Å². The van der Waals surface area contributed by atoms with E-state index in [4.69, 9.17) is 9.47 Å². The summed E-state index contributed by atoms with van der Waals surface area (Å²) in [7, 11) is 1.68. The summed E-state index contributed by atoms with van der Waals surface area (Å²) >= 11 is 0. The molecular weight excluding hydrogens is 178 g/mol. The first kappa shape index (κ1) is 10.7. The van der Waals surface area contributed by atoms with Gasteiger partial charge >= 0.3 is 0 Å². The maximum absolute atomic E-state index is 5.54. The van der Waals surface area contributed by atoms with Crippen LogP contribution in [-0.2, 0) is 4.74 Å². The van der Waals surface area contributed by atoms with Crippen molar-refractivity contribution in [1.82, 2.24) is 4.98 Å². The Morgan fingerprint density at radius 1 is 1.50 bits per heavy atom. The Kier molecular flexibility index (Phi) is 4.72. The van der Waals surface area contributed by atoms with Gasteiger partial charge in [-0.3, -0.25) is 4.98 Å². The molecule has 1 aromatic rings. The van der Waals surface area contributed by atoms with Crippen molar-refractivity contribution in [2.45, 2.75) is 6.42 Å². The Morgan fingerprint density at radius 3 is 3.07 bits per heavy atom. The standard InChI is InChI=1S/C11H15NO2/c1-3-10-9-12-6-5-11(10)14-8-4-7-13-2/h3,5-6,9H,1,4,7-8H2,2H3. The van der Waals surface area contributed by atoms with E-state index in [0.29, 0.717) is 13.2 Å². The number of ether oxygens (including phenoxy) is 2. The van der Waals surface area contributed by atoms with Crippen LogP contribution in [-0.4, -0.2) is 25.3 Å². The average Bonchev–Trinajstić information content (AvgIpc) is 2.25. The van der Waals surface area contributed by atoms with Crippen LogP contribution >= 0.6 is 0 Å². The van der Waals surface area contributed by atoms with E-state index in [9.17, 15) is 0 Å². The highest BCUT2D eigenvalue weighted by atomic mass is 16.5. The quantitative estimate of drug-likeness (QED) is 0.648. The van der Waals surface area contributed by atoms with Crippen molar-refractivity contribution in [2.24, 2.45) is 0 Å². The van der Waals surface area contributed by atoms with Gasteiger partial charge in [0.05, 0.1) is 6.61 Å². The molecule has 0 spiro atoms. The highest BCUT2D eigenvalue weighted by Gasteiger charge is 1.98. The first-order valence-electron chi connectivity index (χ1n) is 4.56. The van der Waals surface area contributed by atoms with Crippen molar-refractivity contribution in [3.8, 4) is 5.75 Å². The fraction of sp³-hybridized carbons (Fsp3) is 0.364. The summed E-state index contributed by atoms with van der Waals surface area (Å²) in [6.07, 6.45) is 6.06. The zero-order valence-electron chi connectivity index (χ0n) is 8.40. The molecule has 0 saturated carbocycles. The van der Waals surface area contributed by atoms with Gasteiger partial charge in [0, 0.05) is 38.1 Å². The molecule has 3 nitrogen and oxygen atoms in total. The lowest BCUT2D eigenvalue weighted by atomic mass is 10.2. The number of hydrogen-bond donors (Lipinski definition) is 0. The number of rotatable bonds is 6. The number of nitrogens with zero attached hydrogens (tertiary/aromatic N) is 1. The third kappa shape index (κ3) is 3.18. The largest absolute Gasteiger partial charge is 0.493 e. The Bertz CT molecular complexity index is 286. The zero-order valence-corrected chi connectivity index (χ0v) is 8.40. The normalized spacial score (nSPS) is 9.79. The predicted octanol–water partition coefficient (Wildman–Crippen LogP) is 2.14. The molecule has 76 valence electrons. The molecule has 3 heteroatoms. The molecule has 0 aliphatic rings. The van der Waals surface area contributed by atoms with Crippen molar-refractivity contribution in [3.63, 3.8) is 0 Å². The highest BCUT2D eigenvalue weighted by Crippen LogP contribution is 2.17. The van der Waals surface area contributed by atoms with E-state index in [2.05, 4.69) is 11.6 Å². The number of pyridine rings is 1. The van der Waals surface area contributed by atoms with Crippen LogP contribution in [0.15, 0.2) is 25.0 Å². The fourth-order valence-electron chi connectivity index (χ4n) is 1.06. The second-order valence-corrected chi connectivity index (χ2v) is 2.81. The van der Waals surface area contributed by atoms with Crippen LogP contribution in [0.25, 0.3) is 6.08 Å². The monoisotopic (exact) mass is 193 g/mol. The van der Waals surface area contributed by atoms with Gasteiger partial charge in [-0.05, 0) is 6.07 Å². The van der Waals surface area contributed by atoms with Crippen LogP contribution < -0.4 is 4.74 Å². The lowest BCUT2D eigenvalue weighted by Crippen LogP contribution is -2.02. The average molecular weight is 193 g/mol. The molecular formula is C11H15NO2. The molecule has 0 N–H and O–H groups in total. The lowest BCUT2D eigenvalue weighted by molar-refractivity contribution is 0.172. The van der Waals surface area contributed by atoms with Gasteiger partial charge in [-0.15, -0.1) is 0 Å². The molecule has 0 radical (unpaired) electrons. The first-order chi connectivity index (χ1) is 6.88. The van der Waals surface area contributed by atoms with Gasteiger partial charge in [-0.2, -0.15) is 0 Å². The summed E-state index contributed by atoms with van der Waals surface area (Å²) in [5.41, 5.74) is 0.921. The Morgan fingerprint density at radius 2 is 2.36 bits per heavy atom. The first-order valence-corrected chi connectivity index (χ1v) is 4.56. The number of hydrogen-bond acceptors (Lipinski definition) is 3. The molecule has 1 aromatic heterocycles. The Hall–Kier alpha value is -1.35. The maximum Gasteiger partial charge on any atom is 0.129 e. The highest BCUT2D eigenvalue weighted by molar-refractivity contribution is 5.53. The zero-order chi connectivity index (χ0) is 10.2. The molecule has 14 heavy (non-hydrogen) atoms. The van der Waals surface area contributed by atoms with E-state index in [1.807, 2.05) is 6.07 Å². The van der Waals surface area contributed by atoms with E-state index in [0.717, 1.165) is 17.7 Å². The number of methoxy groups -OCH3 is 1. The van der Waals surface area contributed by atoms with Crippen LogP contribution in [0, 0.1) is 0 Å². The van der Waals surface area contributed by atoms with E-state index >= 15 is 0 Å². The summed E-state index contributed by atoms with van der Waals surface area (Å²) in [6, 6.07) is 1.84.